The smallest absolute Gasteiger partial charge is 0.338 e. The van der Waals surface area contributed by atoms with Gasteiger partial charge in [-0.05, 0) is 19.8 Å². The summed E-state index contributed by atoms with van der Waals surface area (Å²) in [4.78, 5) is 23.6. The molecule has 0 aliphatic carbocycles. The van der Waals surface area contributed by atoms with Crippen LogP contribution in [0.3, 0.4) is 0 Å². The van der Waals surface area contributed by atoms with Crippen LogP contribution in [0.5, 0.6) is 0 Å². The number of methoxy groups -OCH3 is 1. The minimum Gasteiger partial charge on any atom is -0.464 e. The highest BCUT2D eigenvalue weighted by atomic mass is 16.6. The molecular weight excluding hydrogens is 252 g/mol. The Hall–Kier alpha value is -1.14. The van der Waals surface area contributed by atoms with Crippen molar-refractivity contribution in [2.24, 2.45) is 0 Å². The van der Waals surface area contributed by atoms with Gasteiger partial charge in [0.05, 0.1) is 13.2 Å². The summed E-state index contributed by atoms with van der Waals surface area (Å²) in [5.41, 5.74) is 0. The number of ether oxygens (including phenoxy) is 4. The molecule has 6 nitrogen and oxygen atoms in total. The van der Waals surface area contributed by atoms with E-state index in [2.05, 4.69) is 0 Å². The lowest BCUT2D eigenvalue weighted by molar-refractivity contribution is -0.180. The van der Waals surface area contributed by atoms with Gasteiger partial charge in [-0.25, -0.2) is 9.59 Å². The van der Waals surface area contributed by atoms with E-state index in [1.54, 1.807) is 6.92 Å². The Labute approximate surface area is 114 Å². The molecule has 0 amide bonds. The Kier molecular flexibility index (Phi) is 10.1. The van der Waals surface area contributed by atoms with E-state index >= 15 is 0 Å². The van der Waals surface area contributed by atoms with Crippen LogP contribution in [-0.4, -0.2) is 51.1 Å². The fourth-order valence-electron chi connectivity index (χ4n) is 1.37. The number of carbonyl (C=O) groups is 2. The van der Waals surface area contributed by atoms with Crippen molar-refractivity contribution in [3.8, 4) is 0 Å². The maximum absolute atomic E-state index is 11.8. The normalized spacial score (nSPS) is 13.7. The summed E-state index contributed by atoms with van der Waals surface area (Å²) < 4.78 is 20.2. The number of hydrogen-bond acceptors (Lipinski definition) is 6. The van der Waals surface area contributed by atoms with Crippen molar-refractivity contribution in [3.05, 3.63) is 0 Å². The molecule has 0 aromatic carbocycles. The third-order valence-corrected chi connectivity index (χ3v) is 2.24. The quantitative estimate of drug-likeness (QED) is 0.560. The highest BCUT2D eigenvalue weighted by Gasteiger charge is 2.37. The van der Waals surface area contributed by atoms with E-state index in [4.69, 9.17) is 18.9 Å². The van der Waals surface area contributed by atoms with Crippen LogP contribution < -0.4 is 0 Å². The molecule has 0 spiro atoms. The molecule has 112 valence electrons. The third kappa shape index (κ3) is 6.54. The minimum absolute atomic E-state index is 0.271. The highest BCUT2D eigenvalue weighted by Crippen LogP contribution is 2.09. The van der Waals surface area contributed by atoms with Crippen molar-refractivity contribution in [1.29, 1.82) is 0 Å². The van der Waals surface area contributed by atoms with E-state index in [0.29, 0.717) is 12.8 Å². The van der Waals surface area contributed by atoms with E-state index in [-0.39, 0.29) is 19.8 Å². The standard InChI is InChI=1S/C13H24O6/c1-5-8-18-12(14)10(16-4)11(17-7-3)13(15)19-9-6-2/h10-11H,5-9H2,1-4H3. The summed E-state index contributed by atoms with van der Waals surface area (Å²) in [5, 5.41) is 0. The van der Waals surface area contributed by atoms with Crippen molar-refractivity contribution in [2.75, 3.05) is 26.9 Å². The minimum atomic E-state index is -1.10. The van der Waals surface area contributed by atoms with Crippen LogP contribution in [0.4, 0.5) is 0 Å². The van der Waals surface area contributed by atoms with Gasteiger partial charge in [0, 0.05) is 13.7 Å². The monoisotopic (exact) mass is 276 g/mol. The molecule has 0 bridgehead atoms. The molecule has 0 fully saturated rings. The van der Waals surface area contributed by atoms with Gasteiger partial charge >= 0.3 is 11.9 Å². The molecule has 0 saturated heterocycles. The molecule has 0 saturated carbocycles. The van der Waals surface area contributed by atoms with Gasteiger partial charge in [0.1, 0.15) is 0 Å². The Balaban J connectivity index is 4.68. The lowest BCUT2D eigenvalue weighted by atomic mass is 10.2. The Bertz CT molecular complexity index is 266. The SMILES string of the molecule is CCCOC(=O)C(OC)C(OCC)C(=O)OCCC. The summed E-state index contributed by atoms with van der Waals surface area (Å²) in [5.74, 6) is -1.22. The average Bonchev–Trinajstić information content (AvgIpc) is 2.42. The zero-order chi connectivity index (χ0) is 14.7. The fraction of sp³-hybridized carbons (Fsp3) is 0.846. The van der Waals surface area contributed by atoms with E-state index in [1.165, 1.54) is 7.11 Å². The molecule has 0 aliphatic heterocycles. The predicted molar refractivity (Wildman–Crippen MR) is 68.7 cm³/mol. The maximum atomic E-state index is 11.8. The molecule has 2 unspecified atom stereocenters. The first-order valence-electron chi connectivity index (χ1n) is 6.59. The van der Waals surface area contributed by atoms with Gasteiger partial charge in [-0.15, -0.1) is 0 Å². The van der Waals surface area contributed by atoms with Crippen LogP contribution >= 0.6 is 0 Å². The Morgan fingerprint density at radius 1 is 0.895 bits per heavy atom. The van der Waals surface area contributed by atoms with Gasteiger partial charge in [-0.3, -0.25) is 0 Å². The summed E-state index contributed by atoms with van der Waals surface area (Å²) in [6.07, 6.45) is -0.800. The van der Waals surface area contributed by atoms with Crippen LogP contribution in [-0.2, 0) is 28.5 Å². The van der Waals surface area contributed by atoms with E-state index in [0.717, 1.165) is 0 Å². The first-order chi connectivity index (χ1) is 9.12. The second kappa shape index (κ2) is 10.8. The zero-order valence-corrected chi connectivity index (χ0v) is 12.1. The molecule has 0 aromatic rings. The Morgan fingerprint density at radius 3 is 1.74 bits per heavy atom. The van der Waals surface area contributed by atoms with E-state index in [1.807, 2.05) is 13.8 Å². The van der Waals surface area contributed by atoms with Gasteiger partial charge in [0.25, 0.3) is 0 Å². The molecule has 0 N–H and O–H groups in total. The second-order valence-corrected chi connectivity index (χ2v) is 3.87. The topological polar surface area (TPSA) is 71.1 Å². The van der Waals surface area contributed by atoms with Crippen molar-refractivity contribution in [2.45, 2.75) is 45.8 Å². The summed E-state index contributed by atoms with van der Waals surface area (Å²) >= 11 is 0. The summed E-state index contributed by atoms with van der Waals surface area (Å²) in [6.45, 7) is 6.32. The average molecular weight is 276 g/mol. The molecular formula is C13H24O6. The predicted octanol–water partition coefficient (Wildman–Crippen LogP) is 1.31. The van der Waals surface area contributed by atoms with E-state index < -0.39 is 24.1 Å². The van der Waals surface area contributed by atoms with Crippen molar-refractivity contribution in [3.63, 3.8) is 0 Å². The largest absolute Gasteiger partial charge is 0.464 e. The molecule has 0 aromatic heterocycles. The van der Waals surface area contributed by atoms with Crippen LogP contribution in [0.2, 0.25) is 0 Å². The number of rotatable bonds is 10. The van der Waals surface area contributed by atoms with Gasteiger partial charge in [0.2, 0.25) is 0 Å². The molecule has 0 heterocycles. The molecule has 6 heteroatoms. The van der Waals surface area contributed by atoms with Crippen molar-refractivity contribution in [1.82, 2.24) is 0 Å². The van der Waals surface area contributed by atoms with Crippen LogP contribution in [0, 0.1) is 0 Å². The van der Waals surface area contributed by atoms with Crippen LogP contribution in [0.25, 0.3) is 0 Å². The maximum Gasteiger partial charge on any atom is 0.338 e. The number of esters is 2. The lowest BCUT2D eigenvalue weighted by Gasteiger charge is -2.22. The molecule has 0 aliphatic rings. The second-order valence-electron chi connectivity index (χ2n) is 3.87. The fourth-order valence-corrected chi connectivity index (χ4v) is 1.37. The third-order valence-electron chi connectivity index (χ3n) is 2.24. The molecule has 0 rings (SSSR count). The Morgan fingerprint density at radius 2 is 1.37 bits per heavy atom. The summed E-state index contributed by atoms with van der Waals surface area (Å²) in [6, 6.07) is 0. The number of carbonyl (C=O) groups excluding carboxylic acids is 2. The molecule has 0 radical (unpaired) electrons. The van der Waals surface area contributed by atoms with Crippen molar-refractivity contribution < 1.29 is 28.5 Å². The summed E-state index contributed by atoms with van der Waals surface area (Å²) in [7, 11) is 1.33. The number of hydrogen-bond donors (Lipinski definition) is 0. The van der Waals surface area contributed by atoms with E-state index in [9.17, 15) is 9.59 Å². The lowest BCUT2D eigenvalue weighted by Crippen LogP contribution is -2.45. The molecule has 2 atom stereocenters. The van der Waals surface area contributed by atoms with Gasteiger partial charge in [0.15, 0.2) is 12.2 Å². The van der Waals surface area contributed by atoms with Gasteiger partial charge in [-0.2, -0.15) is 0 Å². The van der Waals surface area contributed by atoms with Crippen LogP contribution in [0.1, 0.15) is 33.6 Å². The van der Waals surface area contributed by atoms with Crippen molar-refractivity contribution >= 4 is 11.9 Å². The first-order valence-corrected chi connectivity index (χ1v) is 6.59. The van der Waals surface area contributed by atoms with Gasteiger partial charge in [-0.1, -0.05) is 13.8 Å². The molecule has 19 heavy (non-hydrogen) atoms. The first kappa shape index (κ1) is 17.9. The zero-order valence-electron chi connectivity index (χ0n) is 12.1. The van der Waals surface area contributed by atoms with Gasteiger partial charge < -0.3 is 18.9 Å². The highest BCUT2D eigenvalue weighted by molar-refractivity contribution is 5.85. The van der Waals surface area contributed by atoms with Crippen LogP contribution in [0.15, 0.2) is 0 Å².